The van der Waals surface area contributed by atoms with E-state index < -0.39 is 0 Å². The molecule has 0 spiro atoms. The van der Waals surface area contributed by atoms with Crippen molar-refractivity contribution in [2.45, 2.75) is 13.0 Å². The summed E-state index contributed by atoms with van der Waals surface area (Å²) in [5.41, 5.74) is 7.90. The van der Waals surface area contributed by atoms with Gasteiger partial charge in [0.1, 0.15) is 0 Å². The zero-order chi connectivity index (χ0) is 9.14. The van der Waals surface area contributed by atoms with Gasteiger partial charge in [-0.3, -0.25) is 0 Å². The van der Waals surface area contributed by atoms with Gasteiger partial charge in [-0.1, -0.05) is 18.2 Å². The summed E-state index contributed by atoms with van der Waals surface area (Å²) in [6.45, 7) is 2.14. The Morgan fingerprint density at radius 3 is 2.33 bits per heavy atom. The van der Waals surface area contributed by atoms with Crippen molar-refractivity contribution in [1.82, 2.24) is 4.90 Å². The van der Waals surface area contributed by atoms with Gasteiger partial charge in [-0.15, -0.1) is 0 Å². The minimum Gasteiger partial charge on any atom is -0.398 e. The highest BCUT2D eigenvalue weighted by atomic mass is 15.1. The third-order valence-corrected chi connectivity index (χ3v) is 2.22. The largest absolute Gasteiger partial charge is 0.398 e. The first-order valence-corrected chi connectivity index (χ1v) is 4.13. The maximum Gasteiger partial charge on any atom is 0.0362 e. The van der Waals surface area contributed by atoms with Crippen LogP contribution in [0.4, 0.5) is 5.69 Å². The number of benzene rings is 1. The predicted molar refractivity (Wildman–Crippen MR) is 53.0 cm³/mol. The summed E-state index contributed by atoms with van der Waals surface area (Å²) in [5.74, 6) is 0. The molecule has 0 bridgehead atoms. The average Bonchev–Trinajstić information content (AvgIpc) is 2.04. The van der Waals surface area contributed by atoms with Crippen molar-refractivity contribution >= 4 is 5.69 Å². The van der Waals surface area contributed by atoms with Gasteiger partial charge in [-0.2, -0.15) is 0 Å². The van der Waals surface area contributed by atoms with Crippen LogP contribution in [0.15, 0.2) is 24.3 Å². The quantitative estimate of drug-likeness (QED) is 0.676. The Morgan fingerprint density at radius 1 is 1.25 bits per heavy atom. The minimum absolute atomic E-state index is 0.381. The lowest BCUT2D eigenvalue weighted by atomic mass is 10.1. The van der Waals surface area contributed by atoms with Crippen molar-refractivity contribution in [3.05, 3.63) is 29.8 Å². The molecule has 1 aromatic rings. The zero-order valence-corrected chi connectivity index (χ0v) is 7.91. The van der Waals surface area contributed by atoms with Gasteiger partial charge in [-0.05, 0) is 32.6 Å². The lowest BCUT2D eigenvalue weighted by Gasteiger charge is -2.21. The van der Waals surface area contributed by atoms with E-state index in [0.29, 0.717) is 6.04 Å². The molecular weight excluding hydrogens is 148 g/mol. The highest BCUT2D eigenvalue weighted by molar-refractivity contribution is 5.47. The molecule has 0 amide bonds. The van der Waals surface area contributed by atoms with Crippen molar-refractivity contribution in [2.24, 2.45) is 0 Å². The molecule has 0 fully saturated rings. The first kappa shape index (κ1) is 9.07. The highest BCUT2D eigenvalue weighted by Gasteiger charge is 2.09. The summed E-state index contributed by atoms with van der Waals surface area (Å²) < 4.78 is 0. The molecule has 0 saturated heterocycles. The van der Waals surface area contributed by atoms with Crippen LogP contribution in [0.25, 0.3) is 0 Å². The lowest BCUT2D eigenvalue weighted by molar-refractivity contribution is 0.322. The van der Waals surface area contributed by atoms with Crippen molar-refractivity contribution in [2.75, 3.05) is 19.8 Å². The lowest BCUT2D eigenvalue weighted by Crippen LogP contribution is -2.17. The molecule has 0 saturated carbocycles. The molecule has 2 N–H and O–H groups in total. The number of nitrogens with zero attached hydrogens (tertiary/aromatic N) is 1. The van der Waals surface area contributed by atoms with Crippen LogP contribution in [0.1, 0.15) is 18.5 Å². The fourth-order valence-corrected chi connectivity index (χ4v) is 1.17. The second-order valence-electron chi connectivity index (χ2n) is 3.27. The Bertz CT molecular complexity index is 256. The highest BCUT2D eigenvalue weighted by Crippen LogP contribution is 2.22. The second kappa shape index (κ2) is 3.59. The fraction of sp³-hybridized carbons (Fsp3) is 0.400. The number of hydrogen-bond donors (Lipinski definition) is 1. The molecule has 1 aromatic carbocycles. The molecule has 0 aliphatic heterocycles. The molecule has 12 heavy (non-hydrogen) atoms. The average molecular weight is 164 g/mol. The maximum atomic E-state index is 5.83. The molecule has 1 atom stereocenters. The summed E-state index contributed by atoms with van der Waals surface area (Å²) in [7, 11) is 4.11. The first-order chi connectivity index (χ1) is 5.63. The van der Waals surface area contributed by atoms with Gasteiger partial charge in [0, 0.05) is 11.7 Å². The Kier molecular flexibility index (Phi) is 2.71. The maximum absolute atomic E-state index is 5.83. The van der Waals surface area contributed by atoms with Crippen LogP contribution in [0.5, 0.6) is 0 Å². The van der Waals surface area contributed by atoms with Gasteiger partial charge in [0.15, 0.2) is 0 Å². The van der Waals surface area contributed by atoms with E-state index in [1.54, 1.807) is 0 Å². The molecule has 0 aliphatic rings. The number of para-hydroxylation sites is 1. The summed E-state index contributed by atoms with van der Waals surface area (Å²) >= 11 is 0. The molecule has 1 rings (SSSR count). The summed E-state index contributed by atoms with van der Waals surface area (Å²) in [6, 6.07) is 8.37. The number of nitrogen functional groups attached to an aromatic ring is 1. The van der Waals surface area contributed by atoms with Crippen molar-refractivity contribution in [3.63, 3.8) is 0 Å². The van der Waals surface area contributed by atoms with Gasteiger partial charge in [0.2, 0.25) is 0 Å². The standard InChI is InChI=1S/C10H16N2/c1-8(12(2)3)9-6-4-5-7-10(9)11/h4-8H,11H2,1-3H3. The van der Waals surface area contributed by atoms with E-state index in [1.165, 1.54) is 5.56 Å². The van der Waals surface area contributed by atoms with Gasteiger partial charge < -0.3 is 10.6 Å². The number of rotatable bonds is 2. The smallest absolute Gasteiger partial charge is 0.0362 e. The molecule has 0 radical (unpaired) electrons. The third kappa shape index (κ3) is 1.77. The van der Waals surface area contributed by atoms with Crippen LogP contribution in [-0.2, 0) is 0 Å². The molecule has 0 aliphatic carbocycles. The van der Waals surface area contributed by atoms with Crippen LogP contribution in [0.2, 0.25) is 0 Å². The van der Waals surface area contributed by atoms with Crippen molar-refractivity contribution in [3.8, 4) is 0 Å². The molecule has 1 unspecified atom stereocenters. The molecule has 0 heterocycles. The summed E-state index contributed by atoms with van der Waals surface area (Å²) in [6.07, 6.45) is 0. The molecule has 2 nitrogen and oxygen atoms in total. The second-order valence-corrected chi connectivity index (χ2v) is 3.27. The van der Waals surface area contributed by atoms with Gasteiger partial charge in [0.25, 0.3) is 0 Å². The zero-order valence-electron chi connectivity index (χ0n) is 7.91. The molecule has 2 heteroatoms. The predicted octanol–water partition coefficient (Wildman–Crippen LogP) is 1.89. The van der Waals surface area contributed by atoms with Crippen molar-refractivity contribution in [1.29, 1.82) is 0 Å². The van der Waals surface area contributed by atoms with Gasteiger partial charge >= 0.3 is 0 Å². The summed E-state index contributed by atoms with van der Waals surface area (Å²) in [4.78, 5) is 2.14. The normalized spacial score (nSPS) is 13.3. The van der Waals surface area contributed by atoms with E-state index in [9.17, 15) is 0 Å². The van der Waals surface area contributed by atoms with Gasteiger partial charge in [-0.25, -0.2) is 0 Å². The van der Waals surface area contributed by atoms with E-state index >= 15 is 0 Å². The van der Waals surface area contributed by atoms with Crippen LogP contribution in [0, 0.1) is 0 Å². The van der Waals surface area contributed by atoms with Crippen molar-refractivity contribution < 1.29 is 0 Å². The Morgan fingerprint density at radius 2 is 1.83 bits per heavy atom. The van der Waals surface area contributed by atoms with Crippen LogP contribution < -0.4 is 5.73 Å². The minimum atomic E-state index is 0.381. The Hall–Kier alpha value is -1.02. The third-order valence-electron chi connectivity index (χ3n) is 2.22. The molecule has 66 valence electrons. The molecule has 0 aromatic heterocycles. The van der Waals surface area contributed by atoms with E-state index in [0.717, 1.165) is 5.69 Å². The Balaban J connectivity index is 2.94. The van der Waals surface area contributed by atoms with E-state index in [2.05, 4.69) is 32.0 Å². The van der Waals surface area contributed by atoms with Crippen LogP contribution in [0.3, 0.4) is 0 Å². The number of hydrogen-bond acceptors (Lipinski definition) is 2. The topological polar surface area (TPSA) is 29.3 Å². The molecular formula is C10H16N2. The monoisotopic (exact) mass is 164 g/mol. The first-order valence-electron chi connectivity index (χ1n) is 4.13. The van der Waals surface area contributed by atoms with E-state index in [1.807, 2.05) is 18.2 Å². The fourth-order valence-electron chi connectivity index (χ4n) is 1.17. The summed E-state index contributed by atoms with van der Waals surface area (Å²) in [5, 5.41) is 0. The Labute approximate surface area is 74.0 Å². The number of nitrogens with two attached hydrogens (primary N) is 1. The van der Waals surface area contributed by atoms with E-state index in [-0.39, 0.29) is 0 Å². The van der Waals surface area contributed by atoms with Crippen LogP contribution >= 0.6 is 0 Å². The number of anilines is 1. The van der Waals surface area contributed by atoms with Crippen LogP contribution in [-0.4, -0.2) is 19.0 Å². The SMILES string of the molecule is CC(c1ccccc1N)N(C)C. The van der Waals surface area contributed by atoms with E-state index in [4.69, 9.17) is 5.73 Å². The van der Waals surface area contributed by atoms with Gasteiger partial charge in [0.05, 0.1) is 0 Å².